The molecule has 0 aromatic heterocycles. The molecule has 0 bridgehead atoms. The van der Waals surface area contributed by atoms with Crippen LogP contribution in [0.5, 0.6) is 0 Å². The third kappa shape index (κ3) is 2.94. The van der Waals surface area contributed by atoms with Gasteiger partial charge >= 0.3 is 0 Å². The van der Waals surface area contributed by atoms with Crippen molar-refractivity contribution in [2.75, 3.05) is 24.2 Å². The number of nitrogens with one attached hydrogen (secondary N) is 1. The van der Waals surface area contributed by atoms with Crippen molar-refractivity contribution in [2.45, 2.75) is 0 Å². The molecule has 18 heavy (non-hydrogen) atoms. The maximum Gasteiger partial charge on any atom is 0.282 e. The minimum absolute atomic E-state index is 0.0202. The maximum absolute atomic E-state index is 13.5. The van der Waals surface area contributed by atoms with Crippen molar-refractivity contribution in [2.24, 2.45) is 0 Å². The van der Waals surface area contributed by atoms with Gasteiger partial charge in [0.1, 0.15) is 6.54 Å². The quantitative estimate of drug-likeness (QED) is 0.930. The third-order valence-corrected chi connectivity index (χ3v) is 3.59. The fourth-order valence-corrected chi connectivity index (χ4v) is 2.53. The van der Waals surface area contributed by atoms with Crippen molar-refractivity contribution >= 4 is 40.2 Å². The first kappa shape index (κ1) is 13.2. The van der Waals surface area contributed by atoms with Crippen LogP contribution in [0.4, 0.5) is 14.9 Å². The monoisotopic (exact) mass is 288 g/mol. The number of nitrogens with zero attached hydrogens (tertiary/aromatic N) is 1. The Morgan fingerprint density at radius 2 is 2.33 bits per heavy atom. The van der Waals surface area contributed by atoms with Crippen molar-refractivity contribution in [1.29, 1.82) is 0 Å². The van der Waals surface area contributed by atoms with Crippen molar-refractivity contribution in [3.8, 4) is 0 Å². The SMILES string of the molecule is O=C(CN1CCSC1=O)Nc1cccc(Cl)c1F. The molecule has 2 rings (SSSR count). The highest BCUT2D eigenvalue weighted by Gasteiger charge is 2.23. The lowest BCUT2D eigenvalue weighted by Gasteiger charge is -2.14. The van der Waals surface area contributed by atoms with Crippen molar-refractivity contribution in [1.82, 2.24) is 4.90 Å². The zero-order chi connectivity index (χ0) is 13.1. The van der Waals surface area contributed by atoms with E-state index in [1.165, 1.54) is 34.9 Å². The predicted molar refractivity (Wildman–Crippen MR) is 69.5 cm³/mol. The van der Waals surface area contributed by atoms with Crippen LogP contribution in [0, 0.1) is 5.82 Å². The second-order valence-corrected chi connectivity index (χ2v) is 5.14. The average molecular weight is 289 g/mol. The highest BCUT2D eigenvalue weighted by atomic mass is 35.5. The number of halogens is 2. The summed E-state index contributed by atoms with van der Waals surface area (Å²) < 4.78 is 13.5. The summed E-state index contributed by atoms with van der Waals surface area (Å²) in [7, 11) is 0. The van der Waals surface area contributed by atoms with Gasteiger partial charge in [0.15, 0.2) is 5.82 Å². The van der Waals surface area contributed by atoms with Crippen LogP contribution in [-0.4, -0.2) is 34.9 Å². The lowest BCUT2D eigenvalue weighted by Crippen LogP contribution is -2.33. The number of benzene rings is 1. The predicted octanol–water partition coefficient (Wildman–Crippen LogP) is 2.59. The van der Waals surface area contributed by atoms with Crippen LogP contribution in [0.2, 0.25) is 5.02 Å². The second-order valence-electron chi connectivity index (χ2n) is 3.69. The van der Waals surface area contributed by atoms with E-state index < -0.39 is 11.7 Å². The van der Waals surface area contributed by atoms with E-state index in [4.69, 9.17) is 11.6 Å². The lowest BCUT2D eigenvalue weighted by atomic mass is 10.3. The summed E-state index contributed by atoms with van der Waals surface area (Å²) in [6.45, 7) is 0.465. The van der Waals surface area contributed by atoms with Crippen LogP contribution in [-0.2, 0) is 4.79 Å². The number of carbonyl (C=O) groups is 2. The molecule has 2 amide bonds. The molecule has 96 valence electrons. The molecule has 1 N–H and O–H groups in total. The van der Waals surface area contributed by atoms with E-state index in [0.29, 0.717) is 12.3 Å². The minimum atomic E-state index is -0.672. The summed E-state index contributed by atoms with van der Waals surface area (Å²) in [4.78, 5) is 24.4. The highest BCUT2D eigenvalue weighted by molar-refractivity contribution is 8.13. The van der Waals surface area contributed by atoms with Gasteiger partial charge in [0.25, 0.3) is 5.24 Å². The Morgan fingerprint density at radius 3 is 3.00 bits per heavy atom. The molecule has 0 atom stereocenters. The molecule has 0 aliphatic carbocycles. The van der Waals surface area contributed by atoms with Crippen LogP contribution in [0.3, 0.4) is 0 Å². The molecule has 0 saturated carbocycles. The van der Waals surface area contributed by atoms with Crippen LogP contribution >= 0.6 is 23.4 Å². The van der Waals surface area contributed by atoms with Gasteiger partial charge in [0.05, 0.1) is 10.7 Å². The van der Waals surface area contributed by atoms with Crippen molar-refractivity contribution < 1.29 is 14.0 Å². The average Bonchev–Trinajstić information content (AvgIpc) is 2.71. The van der Waals surface area contributed by atoms with Gasteiger partial charge in [-0.3, -0.25) is 9.59 Å². The smallest absolute Gasteiger partial charge is 0.282 e. The van der Waals surface area contributed by atoms with E-state index >= 15 is 0 Å². The number of thioether (sulfide) groups is 1. The summed E-state index contributed by atoms with van der Waals surface area (Å²) in [5, 5.41) is 2.21. The van der Waals surface area contributed by atoms with E-state index in [9.17, 15) is 14.0 Å². The maximum atomic E-state index is 13.5. The molecule has 1 aliphatic rings. The Hall–Kier alpha value is -1.27. The van der Waals surface area contributed by atoms with E-state index in [2.05, 4.69) is 5.32 Å². The lowest BCUT2D eigenvalue weighted by molar-refractivity contribution is -0.116. The molecule has 1 saturated heterocycles. The summed E-state index contributed by atoms with van der Waals surface area (Å²) in [6, 6.07) is 4.35. The molecule has 1 heterocycles. The fraction of sp³-hybridized carbons (Fsp3) is 0.273. The topological polar surface area (TPSA) is 49.4 Å². The summed E-state index contributed by atoms with van der Waals surface area (Å²) >= 11 is 6.77. The molecule has 1 fully saturated rings. The zero-order valence-corrected chi connectivity index (χ0v) is 10.9. The molecule has 0 unspecified atom stereocenters. The van der Waals surface area contributed by atoms with Gasteiger partial charge in [-0.15, -0.1) is 0 Å². The number of rotatable bonds is 3. The number of anilines is 1. The van der Waals surface area contributed by atoms with E-state index in [-0.39, 0.29) is 22.5 Å². The minimum Gasteiger partial charge on any atom is -0.323 e. The van der Waals surface area contributed by atoms with Gasteiger partial charge in [0.2, 0.25) is 5.91 Å². The Kier molecular flexibility index (Phi) is 4.08. The highest BCUT2D eigenvalue weighted by Crippen LogP contribution is 2.22. The Bertz CT molecular complexity index is 498. The van der Waals surface area contributed by atoms with Crippen molar-refractivity contribution in [3.05, 3.63) is 29.0 Å². The van der Waals surface area contributed by atoms with Gasteiger partial charge in [-0.1, -0.05) is 29.4 Å². The Labute approximate surface area is 112 Å². The van der Waals surface area contributed by atoms with E-state index in [1.54, 1.807) is 0 Å². The fourth-order valence-electron chi connectivity index (χ4n) is 1.53. The largest absolute Gasteiger partial charge is 0.323 e. The molecular weight excluding hydrogens is 279 g/mol. The van der Waals surface area contributed by atoms with Gasteiger partial charge in [-0.05, 0) is 12.1 Å². The molecular formula is C11H10ClFN2O2S. The molecule has 1 aliphatic heterocycles. The zero-order valence-electron chi connectivity index (χ0n) is 9.28. The van der Waals surface area contributed by atoms with Crippen LogP contribution in [0.15, 0.2) is 18.2 Å². The third-order valence-electron chi connectivity index (χ3n) is 2.41. The number of hydrogen-bond donors (Lipinski definition) is 1. The summed E-state index contributed by atoms with van der Waals surface area (Å²) in [5.41, 5.74) is 0.0202. The van der Waals surface area contributed by atoms with E-state index in [0.717, 1.165) is 0 Å². The standard InChI is InChI=1S/C11H10ClFN2O2S/c12-7-2-1-3-8(10(7)13)14-9(16)6-15-4-5-18-11(15)17/h1-3H,4-6H2,(H,14,16). The summed E-state index contributed by atoms with van der Waals surface area (Å²) in [6.07, 6.45) is 0. The first-order valence-electron chi connectivity index (χ1n) is 5.23. The normalized spacial score (nSPS) is 15.0. The Morgan fingerprint density at radius 1 is 1.56 bits per heavy atom. The van der Waals surface area contributed by atoms with Gasteiger partial charge in [-0.25, -0.2) is 4.39 Å². The van der Waals surface area contributed by atoms with E-state index in [1.807, 2.05) is 0 Å². The van der Waals surface area contributed by atoms with Gasteiger partial charge in [-0.2, -0.15) is 0 Å². The molecule has 1 aromatic carbocycles. The number of hydrogen-bond acceptors (Lipinski definition) is 3. The molecule has 7 heteroatoms. The van der Waals surface area contributed by atoms with Crippen LogP contribution < -0.4 is 5.32 Å². The number of amides is 2. The van der Waals surface area contributed by atoms with Crippen molar-refractivity contribution in [3.63, 3.8) is 0 Å². The first-order valence-corrected chi connectivity index (χ1v) is 6.60. The molecule has 4 nitrogen and oxygen atoms in total. The van der Waals surface area contributed by atoms with Crippen LogP contribution in [0.25, 0.3) is 0 Å². The number of carbonyl (C=O) groups excluding carboxylic acids is 2. The molecule has 0 radical (unpaired) electrons. The Balaban J connectivity index is 1.99. The first-order chi connectivity index (χ1) is 8.58. The van der Waals surface area contributed by atoms with Crippen LogP contribution in [0.1, 0.15) is 0 Å². The van der Waals surface area contributed by atoms with Gasteiger partial charge in [0, 0.05) is 12.3 Å². The molecule has 1 aromatic rings. The van der Waals surface area contributed by atoms with Gasteiger partial charge < -0.3 is 10.2 Å². The summed E-state index contributed by atoms with van der Waals surface area (Å²) in [5.74, 6) is -0.431. The molecule has 0 spiro atoms. The second kappa shape index (κ2) is 5.58.